The van der Waals surface area contributed by atoms with Gasteiger partial charge in [0.2, 0.25) is 11.7 Å². The summed E-state index contributed by atoms with van der Waals surface area (Å²) in [4.78, 5) is 39.8. The van der Waals surface area contributed by atoms with Crippen molar-refractivity contribution in [1.29, 1.82) is 0 Å². The minimum absolute atomic E-state index is 0.146. The standard InChI is InChI=1S/C19H20N4O4/c1-3-17(24)20-15-6-4-5-14(12-15)18(25)22-7-9-23(10-8-22)19(26)16-11-13(2)21-27-16/h3-6,11-12H,1,7-10H2,2H3,(H,20,24). The number of nitrogens with zero attached hydrogens (tertiary/aromatic N) is 3. The van der Waals surface area contributed by atoms with Crippen molar-refractivity contribution in [3.8, 4) is 0 Å². The van der Waals surface area contributed by atoms with E-state index in [0.717, 1.165) is 0 Å². The summed E-state index contributed by atoms with van der Waals surface area (Å²) in [6.07, 6.45) is 1.17. The van der Waals surface area contributed by atoms with Gasteiger partial charge in [0.1, 0.15) is 0 Å². The Morgan fingerprint density at radius 2 is 1.78 bits per heavy atom. The van der Waals surface area contributed by atoms with Gasteiger partial charge in [0.25, 0.3) is 11.8 Å². The van der Waals surface area contributed by atoms with E-state index in [-0.39, 0.29) is 23.5 Å². The molecule has 1 aliphatic rings. The quantitative estimate of drug-likeness (QED) is 0.829. The van der Waals surface area contributed by atoms with E-state index in [1.165, 1.54) is 6.08 Å². The van der Waals surface area contributed by atoms with Gasteiger partial charge in [-0.3, -0.25) is 14.4 Å². The molecule has 0 aliphatic carbocycles. The maximum Gasteiger partial charge on any atom is 0.292 e. The van der Waals surface area contributed by atoms with Crippen molar-refractivity contribution in [3.63, 3.8) is 0 Å². The first-order chi connectivity index (χ1) is 13.0. The van der Waals surface area contributed by atoms with Crippen molar-refractivity contribution in [3.05, 3.63) is 60.0 Å². The Bertz CT molecular complexity index is 881. The third kappa shape index (κ3) is 4.22. The Morgan fingerprint density at radius 1 is 1.11 bits per heavy atom. The van der Waals surface area contributed by atoms with Crippen molar-refractivity contribution in [2.24, 2.45) is 0 Å². The van der Waals surface area contributed by atoms with Gasteiger partial charge in [0.05, 0.1) is 5.69 Å². The molecule has 0 unspecified atom stereocenters. The third-order valence-corrected chi connectivity index (χ3v) is 4.26. The summed E-state index contributed by atoms with van der Waals surface area (Å²) in [5.41, 5.74) is 1.65. The number of rotatable bonds is 4. The Labute approximate surface area is 156 Å². The number of aryl methyl sites for hydroxylation is 1. The molecular weight excluding hydrogens is 348 g/mol. The highest BCUT2D eigenvalue weighted by atomic mass is 16.5. The van der Waals surface area contributed by atoms with E-state index in [0.29, 0.717) is 43.1 Å². The number of carbonyl (C=O) groups is 3. The molecule has 0 saturated carbocycles. The lowest BCUT2D eigenvalue weighted by atomic mass is 10.1. The predicted octanol–water partition coefficient (Wildman–Crippen LogP) is 1.71. The van der Waals surface area contributed by atoms with E-state index in [9.17, 15) is 14.4 Å². The van der Waals surface area contributed by atoms with Crippen molar-refractivity contribution in [2.75, 3.05) is 31.5 Å². The fourth-order valence-corrected chi connectivity index (χ4v) is 2.84. The van der Waals surface area contributed by atoms with E-state index in [2.05, 4.69) is 17.1 Å². The normalized spacial score (nSPS) is 14.0. The summed E-state index contributed by atoms with van der Waals surface area (Å²) >= 11 is 0. The van der Waals surface area contributed by atoms with Crippen LogP contribution < -0.4 is 5.32 Å². The second-order valence-corrected chi connectivity index (χ2v) is 6.19. The first-order valence-corrected chi connectivity index (χ1v) is 8.53. The van der Waals surface area contributed by atoms with E-state index in [1.54, 1.807) is 47.1 Å². The molecule has 2 aromatic rings. The Kier molecular flexibility index (Phi) is 5.35. The van der Waals surface area contributed by atoms with Crippen LogP contribution in [0.3, 0.4) is 0 Å². The number of aromatic nitrogens is 1. The maximum absolute atomic E-state index is 12.7. The van der Waals surface area contributed by atoms with Gasteiger partial charge in [-0.1, -0.05) is 17.8 Å². The zero-order valence-corrected chi connectivity index (χ0v) is 15.0. The lowest BCUT2D eigenvalue weighted by Crippen LogP contribution is -2.50. The van der Waals surface area contributed by atoms with Crippen molar-refractivity contribution < 1.29 is 18.9 Å². The fraction of sp³-hybridized carbons (Fsp3) is 0.263. The molecule has 1 N–H and O–H groups in total. The second-order valence-electron chi connectivity index (χ2n) is 6.19. The van der Waals surface area contributed by atoms with Crippen LogP contribution in [0, 0.1) is 6.92 Å². The summed E-state index contributed by atoms with van der Waals surface area (Å²) < 4.78 is 5.01. The highest BCUT2D eigenvalue weighted by Gasteiger charge is 2.27. The molecule has 0 spiro atoms. The van der Waals surface area contributed by atoms with Gasteiger partial charge in [-0.25, -0.2) is 0 Å². The number of carbonyl (C=O) groups excluding carboxylic acids is 3. The van der Waals surface area contributed by atoms with E-state index >= 15 is 0 Å². The van der Waals surface area contributed by atoms with E-state index in [4.69, 9.17) is 4.52 Å². The highest BCUT2D eigenvalue weighted by molar-refractivity contribution is 6.01. The summed E-state index contributed by atoms with van der Waals surface area (Å²) in [5, 5.41) is 6.36. The fourth-order valence-electron chi connectivity index (χ4n) is 2.84. The van der Waals surface area contributed by atoms with Gasteiger partial charge >= 0.3 is 0 Å². The smallest absolute Gasteiger partial charge is 0.292 e. The molecular formula is C19H20N4O4. The average Bonchev–Trinajstić information content (AvgIpc) is 3.13. The van der Waals surface area contributed by atoms with Crippen molar-refractivity contribution >= 4 is 23.4 Å². The molecule has 2 heterocycles. The zero-order chi connectivity index (χ0) is 19.4. The summed E-state index contributed by atoms with van der Waals surface area (Å²) in [6.45, 7) is 6.82. The number of anilines is 1. The molecule has 0 atom stereocenters. The first-order valence-electron chi connectivity index (χ1n) is 8.53. The molecule has 8 heteroatoms. The number of piperazine rings is 1. The summed E-state index contributed by atoms with van der Waals surface area (Å²) in [7, 11) is 0. The Balaban J connectivity index is 1.61. The Morgan fingerprint density at radius 3 is 2.37 bits per heavy atom. The molecule has 3 amide bonds. The third-order valence-electron chi connectivity index (χ3n) is 4.26. The van der Waals surface area contributed by atoms with Crippen LogP contribution in [0.15, 0.2) is 47.5 Å². The molecule has 1 aliphatic heterocycles. The first kappa shape index (κ1) is 18.4. The van der Waals surface area contributed by atoms with Crippen LogP contribution in [0.4, 0.5) is 5.69 Å². The molecule has 1 saturated heterocycles. The largest absolute Gasteiger partial charge is 0.351 e. The molecule has 1 aromatic heterocycles. The maximum atomic E-state index is 12.7. The van der Waals surface area contributed by atoms with Crippen LogP contribution >= 0.6 is 0 Å². The van der Waals surface area contributed by atoms with Crippen LogP contribution in [0.5, 0.6) is 0 Å². The lowest BCUT2D eigenvalue weighted by molar-refractivity contribution is -0.111. The van der Waals surface area contributed by atoms with Crippen molar-refractivity contribution in [2.45, 2.75) is 6.92 Å². The van der Waals surface area contributed by atoms with Gasteiger partial charge in [0, 0.05) is 43.5 Å². The van der Waals surface area contributed by atoms with Gasteiger partial charge in [-0.2, -0.15) is 0 Å². The zero-order valence-electron chi connectivity index (χ0n) is 15.0. The van der Waals surface area contributed by atoms with E-state index in [1.807, 2.05) is 0 Å². The minimum Gasteiger partial charge on any atom is -0.351 e. The van der Waals surface area contributed by atoms with Crippen LogP contribution in [0.2, 0.25) is 0 Å². The number of hydrogen-bond donors (Lipinski definition) is 1. The highest BCUT2D eigenvalue weighted by Crippen LogP contribution is 2.15. The van der Waals surface area contributed by atoms with E-state index < -0.39 is 0 Å². The molecule has 3 rings (SSSR count). The molecule has 8 nitrogen and oxygen atoms in total. The molecule has 1 aromatic carbocycles. The monoisotopic (exact) mass is 368 g/mol. The number of hydrogen-bond acceptors (Lipinski definition) is 5. The molecule has 0 radical (unpaired) electrons. The predicted molar refractivity (Wildman–Crippen MR) is 98.3 cm³/mol. The summed E-state index contributed by atoms with van der Waals surface area (Å²) in [5.74, 6) is -0.503. The number of amides is 3. The van der Waals surface area contributed by atoms with Crippen LogP contribution in [0.1, 0.15) is 26.6 Å². The van der Waals surface area contributed by atoms with Crippen LogP contribution in [0.25, 0.3) is 0 Å². The van der Waals surface area contributed by atoms with Gasteiger partial charge in [-0.05, 0) is 31.2 Å². The Hall–Kier alpha value is -3.42. The second kappa shape index (κ2) is 7.86. The van der Waals surface area contributed by atoms with Crippen molar-refractivity contribution in [1.82, 2.24) is 15.0 Å². The minimum atomic E-state index is -0.339. The molecule has 0 bridgehead atoms. The number of nitrogens with one attached hydrogen (secondary N) is 1. The SMILES string of the molecule is C=CC(=O)Nc1cccc(C(=O)N2CCN(C(=O)c3cc(C)no3)CC2)c1. The lowest BCUT2D eigenvalue weighted by Gasteiger charge is -2.34. The van der Waals surface area contributed by atoms with Gasteiger partial charge in [0.15, 0.2) is 0 Å². The van der Waals surface area contributed by atoms with Crippen LogP contribution in [-0.2, 0) is 4.79 Å². The van der Waals surface area contributed by atoms with Gasteiger partial charge in [-0.15, -0.1) is 0 Å². The average molecular weight is 368 g/mol. The topological polar surface area (TPSA) is 95.8 Å². The van der Waals surface area contributed by atoms with Crippen LogP contribution in [-0.4, -0.2) is 58.9 Å². The van der Waals surface area contributed by atoms with Gasteiger partial charge < -0.3 is 19.6 Å². The summed E-state index contributed by atoms with van der Waals surface area (Å²) in [6, 6.07) is 8.33. The molecule has 27 heavy (non-hydrogen) atoms. The molecule has 140 valence electrons. The number of benzene rings is 1. The molecule has 1 fully saturated rings.